The zero-order chi connectivity index (χ0) is 12.3. The predicted molar refractivity (Wildman–Crippen MR) is 69.0 cm³/mol. The van der Waals surface area contributed by atoms with Crippen LogP contribution in [0.25, 0.3) is 0 Å². The van der Waals surface area contributed by atoms with Gasteiger partial charge in [-0.25, -0.2) is 4.98 Å². The maximum atomic E-state index is 9.43. The molecule has 17 heavy (non-hydrogen) atoms. The van der Waals surface area contributed by atoms with E-state index in [4.69, 9.17) is 0 Å². The molecule has 1 aromatic rings. The lowest BCUT2D eigenvalue weighted by Crippen LogP contribution is -2.35. The van der Waals surface area contributed by atoms with E-state index >= 15 is 0 Å². The van der Waals surface area contributed by atoms with Gasteiger partial charge in [0.25, 0.3) is 0 Å². The molecule has 4 heteroatoms. The van der Waals surface area contributed by atoms with Gasteiger partial charge in [0.2, 0.25) is 0 Å². The van der Waals surface area contributed by atoms with E-state index in [1.165, 1.54) is 5.56 Å². The van der Waals surface area contributed by atoms with Crippen molar-refractivity contribution in [1.82, 2.24) is 10.3 Å². The molecule has 1 aliphatic rings. The van der Waals surface area contributed by atoms with Crippen LogP contribution in [-0.2, 0) is 6.54 Å². The molecule has 1 aromatic heterocycles. The number of aliphatic hydroxyl groups excluding tert-OH is 1. The van der Waals surface area contributed by atoms with Crippen LogP contribution in [0.1, 0.15) is 18.9 Å². The molecule has 0 aromatic carbocycles. The Hall–Kier alpha value is -1.13. The van der Waals surface area contributed by atoms with Crippen LogP contribution in [0.3, 0.4) is 0 Å². The quantitative estimate of drug-likeness (QED) is 0.817. The summed E-state index contributed by atoms with van der Waals surface area (Å²) in [6.07, 6.45) is 3.04. The summed E-state index contributed by atoms with van der Waals surface area (Å²) in [5.74, 6) is 1.52. The lowest BCUT2D eigenvalue weighted by molar-refractivity contribution is 0.244. The summed E-state index contributed by atoms with van der Waals surface area (Å²) in [5, 5.41) is 12.5. The van der Waals surface area contributed by atoms with Crippen LogP contribution < -0.4 is 10.2 Å². The smallest absolute Gasteiger partial charge is 0.128 e. The highest BCUT2D eigenvalue weighted by molar-refractivity contribution is 5.42. The van der Waals surface area contributed by atoms with Gasteiger partial charge < -0.3 is 15.3 Å². The average molecular weight is 235 g/mol. The van der Waals surface area contributed by atoms with Crippen molar-refractivity contribution in [1.29, 1.82) is 0 Å². The number of aliphatic hydroxyl groups is 1. The van der Waals surface area contributed by atoms with Crippen molar-refractivity contribution in [3.05, 3.63) is 23.9 Å². The molecule has 1 saturated heterocycles. The van der Waals surface area contributed by atoms with Crippen LogP contribution in [0.15, 0.2) is 18.3 Å². The maximum absolute atomic E-state index is 9.43. The van der Waals surface area contributed by atoms with Crippen molar-refractivity contribution in [3.8, 4) is 0 Å². The third kappa shape index (κ3) is 2.58. The van der Waals surface area contributed by atoms with Crippen molar-refractivity contribution >= 4 is 5.82 Å². The van der Waals surface area contributed by atoms with Gasteiger partial charge in [-0.15, -0.1) is 0 Å². The number of nitrogens with one attached hydrogen (secondary N) is 1. The minimum Gasteiger partial charge on any atom is -0.394 e. The van der Waals surface area contributed by atoms with E-state index in [-0.39, 0.29) is 12.6 Å². The Morgan fingerprint density at radius 1 is 1.53 bits per heavy atom. The Bertz CT molecular complexity index is 352. The van der Waals surface area contributed by atoms with Crippen LogP contribution in [0, 0.1) is 5.92 Å². The zero-order valence-corrected chi connectivity index (χ0v) is 10.6. The number of nitrogens with zero attached hydrogens (tertiary/aromatic N) is 2. The number of anilines is 1. The van der Waals surface area contributed by atoms with Crippen molar-refractivity contribution in [2.75, 3.05) is 25.1 Å². The molecule has 2 N–H and O–H groups in total. The molecular weight excluding hydrogens is 214 g/mol. The summed E-state index contributed by atoms with van der Waals surface area (Å²) < 4.78 is 0. The molecule has 94 valence electrons. The maximum Gasteiger partial charge on any atom is 0.128 e. The Morgan fingerprint density at radius 2 is 2.35 bits per heavy atom. The molecule has 2 unspecified atom stereocenters. The number of aromatic nitrogens is 1. The highest BCUT2D eigenvalue weighted by Gasteiger charge is 2.31. The molecule has 1 aliphatic heterocycles. The number of hydrogen-bond acceptors (Lipinski definition) is 4. The third-order valence-corrected chi connectivity index (χ3v) is 3.55. The fraction of sp³-hybridized carbons (Fsp3) is 0.615. The van der Waals surface area contributed by atoms with Crippen molar-refractivity contribution < 1.29 is 5.11 Å². The molecule has 0 amide bonds. The number of pyridine rings is 1. The van der Waals surface area contributed by atoms with E-state index in [2.05, 4.69) is 28.2 Å². The molecule has 0 saturated carbocycles. The third-order valence-electron chi connectivity index (χ3n) is 3.55. The van der Waals surface area contributed by atoms with Crippen LogP contribution in [0.2, 0.25) is 0 Å². The Balaban J connectivity index is 2.11. The second-order valence-corrected chi connectivity index (χ2v) is 4.76. The van der Waals surface area contributed by atoms with Gasteiger partial charge in [-0.05, 0) is 31.0 Å². The van der Waals surface area contributed by atoms with E-state index in [1.807, 2.05) is 19.3 Å². The van der Waals surface area contributed by atoms with Crippen LogP contribution in [-0.4, -0.2) is 36.3 Å². The topological polar surface area (TPSA) is 48.4 Å². The molecular formula is C13H21N3O. The Kier molecular flexibility index (Phi) is 3.97. The first-order valence-electron chi connectivity index (χ1n) is 6.23. The minimum absolute atomic E-state index is 0.209. The second-order valence-electron chi connectivity index (χ2n) is 4.76. The lowest BCUT2D eigenvalue weighted by atomic mass is 10.0. The van der Waals surface area contributed by atoms with Gasteiger partial charge in [0.05, 0.1) is 12.6 Å². The zero-order valence-electron chi connectivity index (χ0n) is 10.6. The van der Waals surface area contributed by atoms with Crippen LogP contribution in [0.5, 0.6) is 0 Å². The van der Waals surface area contributed by atoms with E-state index in [9.17, 15) is 5.11 Å². The van der Waals surface area contributed by atoms with Gasteiger partial charge in [-0.1, -0.05) is 13.0 Å². The van der Waals surface area contributed by atoms with Crippen molar-refractivity contribution in [3.63, 3.8) is 0 Å². The average Bonchev–Trinajstić information content (AvgIpc) is 2.72. The van der Waals surface area contributed by atoms with Gasteiger partial charge >= 0.3 is 0 Å². The highest BCUT2D eigenvalue weighted by Crippen LogP contribution is 2.27. The van der Waals surface area contributed by atoms with E-state index in [0.717, 1.165) is 25.3 Å². The molecule has 0 bridgehead atoms. The molecule has 4 nitrogen and oxygen atoms in total. The Morgan fingerprint density at radius 3 is 2.94 bits per heavy atom. The van der Waals surface area contributed by atoms with Gasteiger partial charge in [0.1, 0.15) is 5.82 Å². The van der Waals surface area contributed by atoms with E-state index in [1.54, 1.807) is 0 Å². The Labute approximate surface area is 103 Å². The summed E-state index contributed by atoms with van der Waals surface area (Å²) in [7, 11) is 1.93. The fourth-order valence-corrected chi connectivity index (χ4v) is 2.47. The first kappa shape index (κ1) is 12.3. The van der Waals surface area contributed by atoms with Crippen molar-refractivity contribution in [2.24, 2.45) is 5.92 Å². The summed E-state index contributed by atoms with van der Waals surface area (Å²) >= 11 is 0. The predicted octanol–water partition coefficient (Wildman–Crippen LogP) is 1.01. The van der Waals surface area contributed by atoms with Gasteiger partial charge in [0, 0.05) is 19.3 Å². The van der Waals surface area contributed by atoms with Gasteiger partial charge in [0.15, 0.2) is 0 Å². The summed E-state index contributed by atoms with van der Waals surface area (Å²) in [4.78, 5) is 6.70. The summed E-state index contributed by atoms with van der Waals surface area (Å²) in [6.45, 7) is 4.23. The molecule has 0 spiro atoms. The van der Waals surface area contributed by atoms with E-state index < -0.39 is 0 Å². The number of hydrogen-bond donors (Lipinski definition) is 2. The SMILES string of the molecule is CNCc1ccc(N2CCC(C)C2CO)nc1. The normalized spacial score (nSPS) is 24.3. The molecule has 2 heterocycles. The van der Waals surface area contributed by atoms with Crippen LogP contribution >= 0.6 is 0 Å². The van der Waals surface area contributed by atoms with E-state index in [0.29, 0.717) is 5.92 Å². The molecule has 2 rings (SSSR count). The minimum atomic E-state index is 0.209. The molecule has 2 atom stereocenters. The number of rotatable bonds is 4. The van der Waals surface area contributed by atoms with Crippen molar-refractivity contribution in [2.45, 2.75) is 25.9 Å². The highest BCUT2D eigenvalue weighted by atomic mass is 16.3. The summed E-state index contributed by atoms with van der Waals surface area (Å²) in [6, 6.07) is 4.36. The van der Waals surface area contributed by atoms with Gasteiger partial charge in [-0.3, -0.25) is 0 Å². The van der Waals surface area contributed by atoms with Gasteiger partial charge in [-0.2, -0.15) is 0 Å². The molecule has 0 aliphatic carbocycles. The monoisotopic (exact) mass is 235 g/mol. The fourth-order valence-electron chi connectivity index (χ4n) is 2.47. The standard InChI is InChI=1S/C13H21N3O/c1-10-5-6-16(12(10)9-17)13-4-3-11(7-14-2)8-15-13/h3-4,8,10,12,14,17H,5-7,9H2,1-2H3. The lowest BCUT2D eigenvalue weighted by Gasteiger charge is -2.26. The second kappa shape index (κ2) is 5.47. The van der Waals surface area contributed by atoms with Crippen LogP contribution in [0.4, 0.5) is 5.82 Å². The first-order chi connectivity index (χ1) is 8.26. The first-order valence-corrected chi connectivity index (χ1v) is 6.23. The summed E-state index contributed by atoms with van der Waals surface area (Å²) in [5.41, 5.74) is 1.18. The molecule has 1 fully saturated rings. The largest absolute Gasteiger partial charge is 0.394 e. The molecule has 0 radical (unpaired) electrons.